The zero-order valence-corrected chi connectivity index (χ0v) is 15.9. The van der Waals surface area contributed by atoms with Crippen molar-refractivity contribution in [3.05, 3.63) is 0 Å². The largest absolute Gasteiger partial charge is 0.228 e. The molecule has 0 fully saturated rings. The van der Waals surface area contributed by atoms with Crippen molar-refractivity contribution < 1.29 is 8.42 Å². The van der Waals surface area contributed by atoms with Gasteiger partial charge in [-0.25, -0.2) is 8.42 Å². The Labute approximate surface area is 138 Å². The molecule has 0 saturated heterocycles. The van der Waals surface area contributed by atoms with Crippen LogP contribution in [0.4, 0.5) is 0 Å². The van der Waals surface area contributed by atoms with E-state index in [2.05, 4.69) is 13.8 Å². The minimum atomic E-state index is -3.08. The molecule has 4 heteroatoms. The van der Waals surface area contributed by atoms with Crippen molar-refractivity contribution >= 4 is 21.4 Å². The van der Waals surface area contributed by atoms with Crippen molar-refractivity contribution in [1.29, 1.82) is 0 Å². The minimum Gasteiger partial charge on any atom is -0.228 e. The molecule has 0 radical (unpaired) electrons. The Bertz CT molecular complexity index is 341. The third-order valence-electron chi connectivity index (χ3n) is 4.47. The second-order valence-electron chi connectivity index (χ2n) is 6.43. The van der Waals surface area contributed by atoms with E-state index < -0.39 is 14.6 Å². The van der Waals surface area contributed by atoms with Crippen molar-refractivity contribution in [3.63, 3.8) is 0 Å². The quantitative estimate of drug-likeness (QED) is 0.299. The van der Waals surface area contributed by atoms with E-state index in [0.717, 1.165) is 38.5 Å². The molecular formula is C17H35ClO2S. The summed E-state index contributed by atoms with van der Waals surface area (Å²) in [6.45, 7) is 6.32. The Morgan fingerprint density at radius 2 is 1.24 bits per heavy atom. The maximum Gasteiger partial charge on any atom is 0.156 e. The topological polar surface area (TPSA) is 34.1 Å². The van der Waals surface area contributed by atoms with Crippen molar-refractivity contribution in [2.45, 2.75) is 96.1 Å². The van der Waals surface area contributed by atoms with Crippen LogP contribution in [0.15, 0.2) is 0 Å². The highest BCUT2D eigenvalue weighted by Crippen LogP contribution is 2.31. The molecule has 0 aliphatic rings. The fraction of sp³-hybridized carbons (Fsp3) is 1.00. The number of unbranched alkanes of at least 4 members (excludes halogenated alkanes) is 7. The number of hydrogen-bond acceptors (Lipinski definition) is 2. The van der Waals surface area contributed by atoms with Crippen LogP contribution in [0.1, 0.15) is 91.4 Å². The SMILES string of the molecule is CCCCCCCC(C)(CCCCCC)S(=O)(=O)CCCl. The molecule has 0 aliphatic carbocycles. The zero-order chi connectivity index (χ0) is 16.2. The van der Waals surface area contributed by atoms with Gasteiger partial charge in [-0.05, 0) is 19.8 Å². The summed E-state index contributed by atoms with van der Waals surface area (Å²) in [6.07, 6.45) is 12.0. The van der Waals surface area contributed by atoms with Crippen LogP contribution in [0.2, 0.25) is 0 Å². The van der Waals surface area contributed by atoms with Gasteiger partial charge in [0.2, 0.25) is 0 Å². The Morgan fingerprint density at radius 3 is 1.67 bits per heavy atom. The smallest absolute Gasteiger partial charge is 0.156 e. The maximum absolute atomic E-state index is 12.6. The lowest BCUT2D eigenvalue weighted by atomic mass is 9.95. The molecule has 0 rings (SSSR count). The molecule has 0 heterocycles. The first-order chi connectivity index (χ1) is 9.93. The van der Waals surface area contributed by atoms with Gasteiger partial charge in [-0.3, -0.25) is 0 Å². The number of rotatable bonds is 14. The molecule has 0 aromatic carbocycles. The van der Waals surface area contributed by atoms with Gasteiger partial charge in [0, 0.05) is 5.88 Å². The van der Waals surface area contributed by atoms with Gasteiger partial charge >= 0.3 is 0 Å². The zero-order valence-electron chi connectivity index (χ0n) is 14.3. The van der Waals surface area contributed by atoms with E-state index in [-0.39, 0.29) is 11.6 Å². The summed E-state index contributed by atoms with van der Waals surface area (Å²) in [5.74, 6) is 0.330. The van der Waals surface area contributed by atoms with Gasteiger partial charge in [-0.1, -0.05) is 71.6 Å². The molecule has 0 amide bonds. The van der Waals surface area contributed by atoms with Gasteiger partial charge in [0.1, 0.15) is 0 Å². The summed E-state index contributed by atoms with van der Waals surface area (Å²) < 4.78 is 24.5. The highest BCUT2D eigenvalue weighted by atomic mass is 35.5. The molecule has 0 N–H and O–H groups in total. The van der Waals surface area contributed by atoms with Gasteiger partial charge in [-0.2, -0.15) is 0 Å². The Hall–Kier alpha value is 0.240. The standard InChI is InChI=1S/C17H35ClO2S/c1-4-6-8-10-12-14-17(3,13-11-9-7-5-2)21(19,20)16-15-18/h4-16H2,1-3H3. The monoisotopic (exact) mass is 338 g/mol. The first kappa shape index (κ1) is 21.2. The van der Waals surface area contributed by atoms with Gasteiger partial charge < -0.3 is 0 Å². The third-order valence-corrected chi connectivity index (χ3v) is 7.53. The average Bonchev–Trinajstić information content (AvgIpc) is 2.43. The van der Waals surface area contributed by atoms with Crippen LogP contribution in [0.3, 0.4) is 0 Å². The van der Waals surface area contributed by atoms with Crippen molar-refractivity contribution in [1.82, 2.24) is 0 Å². The van der Waals surface area contributed by atoms with Gasteiger partial charge in [-0.15, -0.1) is 11.6 Å². The molecule has 128 valence electrons. The third kappa shape index (κ3) is 8.44. The first-order valence-electron chi connectivity index (χ1n) is 8.71. The number of halogens is 1. The van der Waals surface area contributed by atoms with Gasteiger partial charge in [0.15, 0.2) is 9.84 Å². The fourth-order valence-electron chi connectivity index (χ4n) is 2.81. The van der Waals surface area contributed by atoms with Gasteiger partial charge in [0.05, 0.1) is 10.5 Å². The molecule has 0 saturated carbocycles. The number of alkyl halides is 1. The van der Waals surface area contributed by atoms with E-state index in [1.165, 1.54) is 32.1 Å². The van der Waals surface area contributed by atoms with Crippen LogP contribution in [0.25, 0.3) is 0 Å². The van der Waals surface area contributed by atoms with Crippen LogP contribution in [0.5, 0.6) is 0 Å². The molecule has 21 heavy (non-hydrogen) atoms. The van der Waals surface area contributed by atoms with Crippen LogP contribution in [0, 0.1) is 0 Å². The highest BCUT2D eigenvalue weighted by Gasteiger charge is 2.37. The maximum atomic E-state index is 12.6. The normalized spacial score (nSPS) is 15.0. The molecule has 0 aromatic rings. The summed E-state index contributed by atoms with van der Waals surface area (Å²) in [5, 5.41) is 0. The lowest BCUT2D eigenvalue weighted by Crippen LogP contribution is -2.37. The molecule has 1 atom stereocenters. The second-order valence-corrected chi connectivity index (χ2v) is 9.43. The van der Waals surface area contributed by atoms with E-state index >= 15 is 0 Å². The highest BCUT2D eigenvalue weighted by molar-refractivity contribution is 7.92. The van der Waals surface area contributed by atoms with Crippen LogP contribution < -0.4 is 0 Å². The Balaban J connectivity index is 4.52. The van der Waals surface area contributed by atoms with Crippen LogP contribution in [-0.4, -0.2) is 24.8 Å². The van der Waals surface area contributed by atoms with Gasteiger partial charge in [0.25, 0.3) is 0 Å². The van der Waals surface area contributed by atoms with E-state index in [9.17, 15) is 8.42 Å². The lowest BCUT2D eigenvalue weighted by molar-refractivity contribution is 0.437. The molecule has 0 bridgehead atoms. The molecule has 0 aliphatic heterocycles. The molecule has 0 spiro atoms. The Morgan fingerprint density at radius 1 is 0.810 bits per heavy atom. The summed E-state index contributed by atoms with van der Waals surface area (Å²) in [5.41, 5.74) is 0. The molecule has 1 unspecified atom stereocenters. The van der Waals surface area contributed by atoms with Crippen molar-refractivity contribution in [2.24, 2.45) is 0 Å². The van der Waals surface area contributed by atoms with E-state index in [1.54, 1.807) is 0 Å². The summed E-state index contributed by atoms with van der Waals surface area (Å²) in [6, 6.07) is 0. The second kappa shape index (κ2) is 11.8. The summed E-state index contributed by atoms with van der Waals surface area (Å²) in [7, 11) is -3.08. The van der Waals surface area contributed by atoms with E-state index in [1.807, 2.05) is 6.92 Å². The molecule has 0 aromatic heterocycles. The van der Waals surface area contributed by atoms with E-state index in [0.29, 0.717) is 0 Å². The van der Waals surface area contributed by atoms with Crippen molar-refractivity contribution in [2.75, 3.05) is 11.6 Å². The lowest BCUT2D eigenvalue weighted by Gasteiger charge is -2.29. The molecule has 2 nitrogen and oxygen atoms in total. The Kier molecular flexibility index (Phi) is 11.9. The first-order valence-corrected chi connectivity index (χ1v) is 10.9. The van der Waals surface area contributed by atoms with E-state index in [4.69, 9.17) is 11.6 Å². The van der Waals surface area contributed by atoms with Crippen LogP contribution >= 0.6 is 11.6 Å². The average molecular weight is 339 g/mol. The number of sulfone groups is 1. The molecular weight excluding hydrogens is 304 g/mol. The fourth-order valence-corrected chi connectivity index (χ4v) is 5.03. The van der Waals surface area contributed by atoms with Crippen LogP contribution in [-0.2, 0) is 9.84 Å². The predicted octanol–water partition coefficient (Wildman–Crippen LogP) is 5.73. The number of hydrogen-bond donors (Lipinski definition) is 0. The predicted molar refractivity (Wildman–Crippen MR) is 95.0 cm³/mol. The van der Waals surface area contributed by atoms with Crippen molar-refractivity contribution in [3.8, 4) is 0 Å². The summed E-state index contributed by atoms with van der Waals surface area (Å²) >= 11 is 5.70. The summed E-state index contributed by atoms with van der Waals surface area (Å²) in [4.78, 5) is 0. The minimum absolute atomic E-state index is 0.119.